The van der Waals surface area contributed by atoms with Crippen molar-refractivity contribution in [2.75, 3.05) is 26.7 Å². The number of aliphatic hydroxyl groups excluding tert-OH is 1. The van der Waals surface area contributed by atoms with Crippen molar-refractivity contribution in [3.63, 3.8) is 0 Å². The molecule has 1 aromatic carbocycles. The van der Waals surface area contributed by atoms with Crippen LogP contribution in [0, 0.1) is 6.92 Å². The minimum atomic E-state index is 0.151. The molecular weight excluding hydrogens is 210 g/mol. The molecule has 2 nitrogen and oxygen atoms in total. The van der Waals surface area contributed by atoms with Crippen molar-refractivity contribution in [2.24, 2.45) is 0 Å². The van der Waals surface area contributed by atoms with E-state index in [0.717, 1.165) is 19.5 Å². The second-order valence-corrected chi connectivity index (χ2v) is 5.56. The maximum absolute atomic E-state index is 8.83. The van der Waals surface area contributed by atoms with Gasteiger partial charge in [-0.25, -0.2) is 0 Å². The highest BCUT2D eigenvalue weighted by Gasteiger charge is 2.22. The second kappa shape index (κ2) is 6.18. The number of benzene rings is 1. The van der Waals surface area contributed by atoms with Crippen LogP contribution in [0.5, 0.6) is 0 Å². The summed E-state index contributed by atoms with van der Waals surface area (Å²) < 4.78 is 0. The molecule has 17 heavy (non-hydrogen) atoms. The third-order valence-corrected chi connectivity index (χ3v) is 3.20. The summed E-state index contributed by atoms with van der Waals surface area (Å²) in [7, 11) is 2.12. The van der Waals surface area contributed by atoms with Crippen LogP contribution in [-0.2, 0) is 5.41 Å². The maximum Gasteiger partial charge on any atom is 0.0443 e. The van der Waals surface area contributed by atoms with Crippen molar-refractivity contribution in [3.8, 4) is 0 Å². The number of aliphatic hydroxyl groups is 1. The average molecular weight is 235 g/mol. The Morgan fingerprint density at radius 3 is 2.29 bits per heavy atom. The number of likely N-dealkylation sites (N-methyl/N-ethyl adjacent to an activating group) is 1. The molecule has 1 aromatic rings. The van der Waals surface area contributed by atoms with Crippen molar-refractivity contribution < 1.29 is 5.11 Å². The zero-order valence-electron chi connectivity index (χ0n) is 11.5. The van der Waals surface area contributed by atoms with Gasteiger partial charge in [0.25, 0.3) is 0 Å². The minimum Gasteiger partial charge on any atom is -0.396 e. The summed E-state index contributed by atoms with van der Waals surface area (Å²) >= 11 is 0. The molecule has 96 valence electrons. The molecule has 1 N–H and O–H groups in total. The van der Waals surface area contributed by atoms with Crippen LogP contribution >= 0.6 is 0 Å². The van der Waals surface area contributed by atoms with Crippen molar-refractivity contribution >= 4 is 0 Å². The lowest BCUT2D eigenvalue weighted by atomic mass is 9.84. The molecule has 0 aliphatic heterocycles. The van der Waals surface area contributed by atoms with E-state index in [9.17, 15) is 0 Å². The highest BCUT2D eigenvalue weighted by atomic mass is 16.3. The molecule has 0 heterocycles. The third kappa shape index (κ3) is 4.49. The number of hydrogen-bond donors (Lipinski definition) is 1. The molecule has 0 spiro atoms. The van der Waals surface area contributed by atoms with Crippen LogP contribution in [0.25, 0.3) is 0 Å². The van der Waals surface area contributed by atoms with Gasteiger partial charge in [0.15, 0.2) is 0 Å². The molecule has 0 aromatic heterocycles. The number of nitrogens with zero attached hydrogens (tertiary/aromatic N) is 1. The first-order chi connectivity index (χ1) is 7.95. The van der Waals surface area contributed by atoms with Gasteiger partial charge in [-0.05, 0) is 26.0 Å². The summed E-state index contributed by atoms with van der Waals surface area (Å²) in [5, 5.41) is 8.83. The first-order valence-corrected chi connectivity index (χ1v) is 6.32. The van der Waals surface area contributed by atoms with Crippen LogP contribution in [0.3, 0.4) is 0 Å². The van der Waals surface area contributed by atoms with Crippen LogP contribution in [0.15, 0.2) is 24.3 Å². The maximum atomic E-state index is 8.83. The van der Waals surface area contributed by atoms with Crippen LogP contribution in [0.1, 0.15) is 31.4 Å². The number of aryl methyl sites for hydroxylation is 1. The quantitative estimate of drug-likeness (QED) is 0.819. The zero-order valence-corrected chi connectivity index (χ0v) is 11.5. The molecular formula is C15H25NO. The second-order valence-electron chi connectivity index (χ2n) is 5.56. The van der Waals surface area contributed by atoms with Crippen molar-refractivity contribution in [1.29, 1.82) is 0 Å². The largest absolute Gasteiger partial charge is 0.396 e. The fourth-order valence-corrected chi connectivity index (χ4v) is 2.19. The molecule has 0 atom stereocenters. The van der Waals surface area contributed by atoms with Gasteiger partial charge in [0.2, 0.25) is 0 Å². The zero-order chi connectivity index (χ0) is 12.9. The van der Waals surface area contributed by atoms with Gasteiger partial charge >= 0.3 is 0 Å². The lowest BCUT2D eigenvalue weighted by molar-refractivity contribution is 0.224. The van der Waals surface area contributed by atoms with Crippen LogP contribution in [0.4, 0.5) is 0 Å². The monoisotopic (exact) mass is 235 g/mol. The molecule has 0 radical (unpaired) electrons. The first-order valence-electron chi connectivity index (χ1n) is 6.32. The SMILES string of the molecule is Cc1ccc(C(C)(C)CN(C)CCCO)cc1. The highest BCUT2D eigenvalue weighted by molar-refractivity contribution is 5.27. The van der Waals surface area contributed by atoms with E-state index < -0.39 is 0 Å². The van der Waals surface area contributed by atoms with Crippen molar-refractivity contribution in [3.05, 3.63) is 35.4 Å². The van der Waals surface area contributed by atoms with E-state index in [1.54, 1.807) is 0 Å². The topological polar surface area (TPSA) is 23.5 Å². The highest BCUT2D eigenvalue weighted by Crippen LogP contribution is 2.24. The van der Waals surface area contributed by atoms with E-state index in [4.69, 9.17) is 5.11 Å². The van der Waals surface area contributed by atoms with Crippen LogP contribution < -0.4 is 0 Å². The van der Waals surface area contributed by atoms with Gasteiger partial charge in [0, 0.05) is 25.1 Å². The minimum absolute atomic E-state index is 0.151. The lowest BCUT2D eigenvalue weighted by Gasteiger charge is -2.31. The van der Waals surface area contributed by atoms with Crippen molar-refractivity contribution in [2.45, 2.75) is 32.6 Å². The Morgan fingerprint density at radius 1 is 1.18 bits per heavy atom. The smallest absolute Gasteiger partial charge is 0.0443 e. The first kappa shape index (κ1) is 14.2. The van der Waals surface area contributed by atoms with Gasteiger partial charge in [-0.3, -0.25) is 0 Å². The number of rotatable bonds is 6. The predicted octanol–water partition coefficient (Wildman–Crippen LogP) is 2.59. The van der Waals surface area contributed by atoms with E-state index in [-0.39, 0.29) is 12.0 Å². The lowest BCUT2D eigenvalue weighted by Crippen LogP contribution is -2.35. The average Bonchev–Trinajstić information content (AvgIpc) is 2.26. The molecule has 0 unspecified atom stereocenters. The third-order valence-electron chi connectivity index (χ3n) is 3.20. The Hall–Kier alpha value is -0.860. The Morgan fingerprint density at radius 2 is 1.76 bits per heavy atom. The van der Waals surface area contributed by atoms with Crippen LogP contribution in [0.2, 0.25) is 0 Å². The Balaban J connectivity index is 2.64. The Bertz CT molecular complexity index is 329. The molecule has 0 amide bonds. The Kier molecular flexibility index (Phi) is 5.16. The summed E-state index contributed by atoms with van der Waals surface area (Å²) in [5.74, 6) is 0. The van der Waals surface area contributed by atoms with Gasteiger partial charge in [0.05, 0.1) is 0 Å². The van der Waals surface area contributed by atoms with Gasteiger partial charge in [-0.1, -0.05) is 43.7 Å². The standard InChI is InChI=1S/C15H25NO/c1-13-6-8-14(9-7-13)15(2,3)12-16(4)10-5-11-17/h6-9,17H,5,10-12H2,1-4H3. The van der Waals surface area contributed by atoms with Gasteiger partial charge in [-0.2, -0.15) is 0 Å². The molecule has 0 aliphatic rings. The van der Waals surface area contributed by atoms with Crippen molar-refractivity contribution in [1.82, 2.24) is 4.90 Å². The molecule has 0 aliphatic carbocycles. The summed E-state index contributed by atoms with van der Waals surface area (Å²) in [4.78, 5) is 2.29. The van der Waals surface area contributed by atoms with E-state index >= 15 is 0 Å². The predicted molar refractivity (Wildman–Crippen MR) is 73.4 cm³/mol. The van der Waals surface area contributed by atoms with Crippen LogP contribution in [-0.4, -0.2) is 36.8 Å². The van der Waals surface area contributed by atoms with Gasteiger partial charge in [0.1, 0.15) is 0 Å². The number of hydrogen-bond acceptors (Lipinski definition) is 2. The normalized spacial score (nSPS) is 12.1. The van der Waals surface area contributed by atoms with E-state index in [0.29, 0.717) is 0 Å². The summed E-state index contributed by atoms with van der Waals surface area (Å²) in [6, 6.07) is 8.78. The fourth-order valence-electron chi connectivity index (χ4n) is 2.19. The molecule has 0 saturated carbocycles. The molecule has 2 heteroatoms. The molecule has 0 saturated heterocycles. The molecule has 1 rings (SSSR count). The van der Waals surface area contributed by atoms with E-state index in [1.807, 2.05) is 0 Å². The molecule has 0 bridgehead atoms. The van der Waals surface area contributed by atoms with E-state index in [1.165, 1.54) is 11.1 Å². The van der Waals surface area contributed by atoms with E-state index in [2.05, 4.69) is 57.0 Å². The van der Waals surface area contributed by atoms with Gasteiger partial charge in [-0.15, -0.1) is 0 Å². The molecule has 0 fully saturated rings. The summed E-state index contributed by atoms with van der Waals surface area (Å²) in [6.45, 7) is 8.89. The summed E-state index contributed by atoms with van der Waals surface area (Å²) in [5.41, 5.74) is 2.83. The van der Waals surface area contributed by atoms with Gasteiger partial charge < -0.3 is 10.0 Å². The Labute approximate surface area is 105 Å². The summed E-state index contributed by atoms with van der Waals surface area (Å²) in [6.07, 6.45) is 0.848. The fraction of sp³-hybridized carbons (Fsp3) is 0.600.